The molecule has 118 valence electrons. The van der Waals surface area contributed by atoms with Crippen molar-refractivity contribution in [2.24, 2.45) is 0 Å². The van der Waals surface area contributed by atoms with E-state index in [-0.39, 0.29) is 6.42 Å². The largest absolute Gasteiger partial charge is 0.413 e. The number of rotatable bonds is 2. The molecule has 0 unspecified atom stereocenters. The second-order valence-electron chi connectivity index (χ2n) is 5.98. The maximum Gasteiger partial charge on any atom is 0.413 e. The van der Waals surface area contributed by atoms with Gasteiger partial charge >= 0.3 is 6.18 Å². The van der Waals surface area contributed by atoms with Crippen molar-refractivity contribution in [1.82, 2.24) is 0 Å². The molecule has 0 aromatic heterocycles. The van der Waals surface area contributed by atoms with Crippen LogP contribution in [0, 0.1) is 13.8 Å². The van der Waals surface area contributed by atoms with Crippen molar-refractivity contribution in [1.29, 1.82) is 0 Å². The van der Waals surface area contributed by atoms with Gasteiger partial charge in [-0.05, 0) is 42.2 Å². The summed E-state index contributed by atoms with van der Waals surface area (Å²) in [6.45, 7) is 3.89. The third-order valence-corrected chi connectivity index (χ3v) is 4.07. The average molecular weight is 314 g/mol. The van der Waals surface area contributed by atoms with Gasteiger partial charge in [0.2, 0.25) is 0 Å². The Kier molecular flexibility index (Phi) is 3.88. The topological polar surface area (TPSA) is 0 Å². The lowest BCUT2D eigenvalue weighted by Gasteiger charge is -2.11. The Hall–Kier alpha value is -2.29. The Morgan fingerprint density at radius 3 is 1.96 bits per heavy atom. The Morgan fingerprint density at radius 2 is 1.39 bits per heavy atom. The van der Waals surface area contributed by atoms with E-state index in [0.717, 1.165) is 27.8 Å². The van der Waals surface area contributed by atoms with Gasteiger partial charge in [-0.15, -0.1) is 0 Å². The minimum atomic E-state index is -4.29. The van der Waals surface area contributed by atoms with Crippen molar-refractivity contribution in [3.8, 4) is 0 Å². The first-order valence-electron chi connectivity index (χ1n) is 7.49. The molecule has 23 heavy (non-hydrogen) atoms. The standard InChI is InChI=1S/C20H17F3/c1-13-5-3-7-15(9-13)18-11-17(20(21,22)23)12-19(18)16-8-4-6-14(2)10-16/h3-11H,12H2,1-2H3. The Bertz CT molecular complexity index is 808. The fraction of sp³-hybridized carbons (Fsp3) is 0.200. The highest BCUT2D eigenvalue weighted by Crippen LogP contribution is 2.44. The second kappa shape index (κ2) is 5.73. The fourth-order valence-corrected chi connectivity index (χ4v) is 2.94. The van der Waals surface area contributed by atoms with Crippen LogP contribution in [0.1, 0.15) is 28.7 Å². The van der Waals surface area contributed by atoms with Crippen molar-refractivity contribution < 1.29 is 13.2 Å². The summed E-state index contributed by atoms with van der Waals surface area (Å²) in [4.78, 5) is 0. The van der Waals surface area contributed by atoms with E-state index in [1.54, 1.807) is 0 Å². The average Bonchev–Trinajstić information content (AvgIpc) is 2.92. The normalized spacial score (nSPS) is 15.1. The van der Waals surface area contributed by atoms with Crippen molar-refractivity contribution in [3.05, 3.63) is 82.4 Å². The van der Waals surface area contributed by atoms with Crippen LogP contribution in [-0.4, -0.2) is 6.18 Å². The van der Waals surface area contributed by atoms with Crippen LogP contribution in [0.2, 0.25) is 0 Å². The predicted octanol–water partition coefficient (Wildman–Crippen LogP) is 6.11. The number of halogens is 3. The molecule has 3 heteroatoms. The molecular formula is C20H17F3. The van der Waals surface area contributed by atoms with Gasteiger partial charge in [-0.25, -0.2) is 0 Å². The highest BCUT2D eigenvalue weighted by Gasteiger charge is 2.37. The van der Waals surface area contributed by atoms with Crippen LogP contribution in [0.25, 0.3) is 11.1 Å². The van der Waals surface area contributed by atoms with Gasteiger partial charge in [-0.3, -0.25) is 0 Å². The first-order valence-corrected chi connectivity index (χ1v) is 7.49. The third-order valence-electron chi connectivity index (χ3n) is 4.07. The smallest absolute Gasteiger partial charge is 0.166 e. The molecule has 0 radical (unpaired) electrons. The second-order valence-corrected chi connectivity index (χ2v) is 5.98. The van der Waals surface area contributed by atoms with Gasteiger partial charge in [0.25, 0.3) is 0 Å². The molecule has 2 aromatic carbocycles. The van der Waals surface area contributed by atoms with Gasteiger partial charge in [0.15, 0.2) is 0 Å². The molecular weight excluding hydrogens is 297 g/mol. The van der Waals surface area contributed by atoms with E-state index < -0.39 is 11.7 Å². The van der Waals surface area contributed by atoms with Crippen LogP contribution in [-0.2, 0) is 0 Å². The summed E-state index contributed by atoms with van der Waals surface area (Å²) < 4.78 is 39.6. The summed E-state index contributed by atoms with van der Waals surface area (Å²) in [5, 5.41) is 0. The van der Waals surface area contributed by atoms with Gasteiger partial charge in [-0.1, -0.05) is 59.7 Å². The van der Waals surface area contributed by atoms with Gasteiger partial charge in [0, 0.05) is 12.0 Å². The van der Waals surface area contributed by atoms with E-state index in [0.29, 0.717) is 5.57 Å². The molecule has 0 saturated heterocycles. The zero-order valence-corrected chi connectivity index (χ0v) is 13.0. The van der Waals surface area contributed by atoms with Crippen LogP contribution in [0.4, 0.5) is 13.2 Å². The molecule has 0 heterocycles. The molecule has 0 aliphatic heterocycles. The molecule has 2 aromatic rings. The summed E-state index contributed by atoms with van der Waals surface area (Å²) in [6.07, 6.45) is -3.07. The molecule has 1 aliphatic carbocycles. The van der Waals surface area contributed by atoms with Crippen molar-refractivity contribution in [3.63, 3.8) is 0 Å². The van der Waals surface area contributed by atoms with Gasteiger partial charge in [0.05, 0.1) is 0 Å². The zero-order chi connectivity index (χ0) is 16.6. The quantitative estimate of drug-likeness (QED) is 0.627. The van der Waals surface area contributed by atoms with Crippen molar-refractivity contribution in [2.45, 2.75) is 26.4 Å². The summed E-state index contributed by atoms with van der Waals surface area (Å²) in [7, 11) is 0. The molecule has 0 nitrogen and oxygen atoms in total. The predicted molar refractivity (Wildman–Crippen MR) is 87.9 cm³/mol. The third kappa shape index (κ3) is 3.24. The first kappa shape index (κ1) is 15.6. The van der Waals surface area contributed by atoms with E-state index in [1.165, 1.54) is 6.08 Å². The van der Waals surface area contributed by atoms with Crippen molar-refractivity contribution >= 4 is 11.1 Å². The Morgan fingerprint density at radius 1 is 0.826 bits per heavy atom. The lowest BCUT2D eigenvalue weighted by atomic mass is 9.95. The molecule has 0 fully saturated rings. The number of benzene rings is 2. The van der Waals surface area contributed by atoms with Crippen LogP contribution in [0.15, 0.2) is 60.2 Å². The number of hydrogen-bond acceptors (Lipinski definition) is 0. The Balaban J connectivity index is 2.15. The highest BCUT2D eigenvalue weighted by molar-refractivity contribution is 6.00. The van der Waals surface area contributed by atoms with E-state index in [9.17, 15) is 13.2 Å². The van der Waals surface area contributed by atoms with E-state index in [2.05, 4.69) is 0 Å². The van der Waals surface area contributed by atoms with Crippen LogP contribution < -0.4 is 0 Å². The lowest BCUT2D eigenvalue weighted by molar-refractivity contribution is -0.0923. The summed E-state index contributed by atoms with van der Waals surface area (Å²) in [5.41, 5.74) is 4.70. The molecule has 0 saturated carbocycles. The van der Waals surface area contributed by atoms with E-state index >= 15 is 0 Å². The summed E-state index contributed by atoms with van der Waals surface area (Å²) >= 11 is 0. The minimum Gasteiger partial charge on any atom is -0.166 e. The van der Waals surface area contributed by atoms with Crippen molar-refractivity contribution in [2.75, 3.05) is 0 Å². The molecule has 0 atom stereocenters. The molecule has 0 spiro atoms. The lowest BCUT2D eigenvalue weighted by Crippen LogP contribution is -2.10. The first-order chi connectivity index (χ1) is 10.8. The van der Waals surface area contributed by atoms with E-state index in [1.807, 2.05) is 62.4 Å². The number of alkyl halides is 3. The minimum absolute atomic E-state index is 0.0732. The molecule has 1 aliphatic rings. The van der Waals surface area contributed by atoms with Gasteiger partial charge in [0.1, 0.15) is 0 Å². The van der Waals surface area contributed by atoms with Gasteiger partial charge < -0.3 is 0 Å². The summed E-state index contributed by atoms with van der Waals surface area (Å²) in [5.74, 6) is 0. The molecule has 0 amide bonds. The SMILES string of the molecule is Cc1cccc(C2=C(c3cccc(C)c3)CC(C(F)(F)F)=C2)c1. The number of allylic oxidation sites excluding steroid dienone is 4. The maximum atomic E-state index is 13.2. The molecule has 0 N–H and O–H groups in total. The summed E-state index contributed by atoms with van der Waals surface area (Å²) in [6, 6.07) is 15.3. The number of hydrogen-bond donors (Lipinski definition) is 0. The zero-order valence-electron chi connectivity index (χ0n) is 13.0. The number of aryl methyl sites for hydroxylation is 2. The molecule has 3 rings (SSSR count). The van der Waals surface area contributed by atoms with Gasteiger partial charge in [-0.2, -0.15) is 13.2 Å². The van der Waals surface area contributed by atoms with E-state index in [4.69, 9.17) is 0 Å². The fourth-order valence-electron chi connectivity index (χ4n) is 2.94. The Labute approximate surface area is 134 Å². The van der Waals surface area contributed by atoms with Crippen LogP contribution >= 0.6 is 0 Å². The van der Waals surface area contributed by atoms with Crippen LogP contribution in [0.5, 0.6) is 0 Å². The van der Waals surface area contributed by atoms with Crippen LogP contribution in [0.3, 0.4) is 0 Å². The monoisotopic (exact) mass is 314 g/mol. The highest BCUT2D eigenvalue weighted by atomic mass is 19.4. The maximum absolute atomic E-state index is 13.2. The molecule has 0 bridgehead atoms.